The van der Waals surface area contributed by atoms with Crippen molar-refractivity contribution in [1.29, 1.82) is 0 Å². The van der Waals surface area contributed by atoms with Crippen molar-refractivity contribution in [2.24, 2.45) is 29.6 Å². The number of carbonyl (C=O) groups excluding carboxylic acids is 4. The average Bonchev–Trinajstić information content (AvgIpc) is 3.51. The molecule has 8 heteroatoms. The van der Waals surface area contributed by atoms with Crippen LogP contribution in [0.4, 0.5) is 0 Å². The number of piperidine rings is 1. The fraction of sp³-hybridized carbons (Fsp3) is 0.306. The van der Waals surface area contributed by atoms with Crippen LogP contribution in [-0.4, -0.2) is 57.4 Å². The van der Waals surface area contributed by atoms with Crippen LogP contribution < -0.4 is 4.74 Å². The lowest BCUT2D eigenvalue weighted by Crippen LogP contribution is -2.60. The Morgan fingerprint density at radius 2 is 1.49 bits per heavy atom. The van der Waals surface area contributed by atoms with Crippen LogP contribution in [-0.2, 0) is 37.6 Å². The minimum atomic E-state index is -1.33. The van der Waals surface area contributed by atoms with Crippen LogP contribution in [0.2, 0.25) is 0 Å². The van der Waals surface area contributed by atoms with Gasteiger partial charge in [0.1, 0.15) is 11.5 Å². The van der Waals surface area contributed by atoms with Gasteiger partial charge in [-0.3, -0.25) is 29.0 Å². The second kappa shape index (κ2) is 14.0. The Hall–Kier alpha value is -5.86. The molecule has 286 valence electrons. The molecule has 3 heterocycles. The molecule has 6 unspecified atom stereocenters. The molecule has 6 aliphatic rings. The second-order valence-corrected chi connectivity index (χ2v) is 16.6. The number of Topliss-reactive ketones (excluding diaryl/α,β-unsaturated/α-hetero) is 1. The number of hydrogen-bond acceptors (Lipinski definition) is 7. The molecule has 10 rings (SSSR count). The predicted molar refractivity (Wildman–Crippen MR) is 214 cm³/mol. The lowest BCUT2D eigenvalue weighted by molar-refractivity contribution is -0.144. The van der Waals surface area contributed by atoms with Gasteiger partial charge in [0.25, 0.3) is 0 Å². The molecule has 4 aromatic rings. The highest BCUT2D eigenvalue weighted by molar-refractivity contribution is 6.31. The zero-order valence-corrected chi connectivity index (χ0v) is 31.6. The van der Waals surface area contributed by atoms with Gasteiger partial charge in [-0.25, -0.2) is 0 Å². The number of fused-ring (bicyclic) bond motifs is 5. The maximum atomic E-state index is 15.4. The maximum Gasteiger partial charge on any atom is 0.233 e. The van der Waals surface area contributed by atoms with Gasteiger partial charge in [0.2, 0.25) is 11.8 Å². The summed E-state index contributed by atoms with van der Waals surface area (Å²) in [6, 6.07) is 34.1. The van der Waals surface area contributed by atoms with Gasteiger partial charge < -0.3 is 9.84 Å². The van der Waals surface area contributed by atoms with Crippen LogP contribution in [0.25, 0.3) is 5.57 Å². The van der Waals surface area contributed by atoms with E-state index in [1.54, 1.807) is 35.4 Å². The first kappa shape index (κ1) is 35.5. The molecule has 3 aliphatic carbocycles. The summed E-state index contributed by atoms with van der Waals surface area (Å²) in [7, 11) is 0. The van der Waals surface area contributed by atoms with Crippen molar-refractivity contribution >= 4 is 29.0 Å². The predicted octanol–water partition coefficient (Wildman–Crippen LogP) is 7.23. The van der Waals surface area contributed by atoms with Crippen LogP contribution in [0.3, 0.4) is 0 Å². The fourth-order valence-electron chi connectivity index (χ4n) is 11.3. The van der Waals surface area contributed by atoms with Crippen molar-refractivity contribution in [3.63, 3.8) is 0 Å². The highest BCUT2D eigenvalue weighted by atomic mass is 16.5. The van der Waals surface area contributed by atoms with Crippen molar-refractivity contribution < 1.29 is 29.0 Å². The van der Waals surface area contributed by atoms with E-state index in [0.29, 0.717) is 42.6 Å². The molecule has 6 atom stereocenters. The third-order valence-electron chi connectivity index (χ3n) is 13.7. The van der Waals surface area contributed by atoms with Crippen molar-refractivity contribution in [1.82, 2.24) is 9.80 Å². The van der Waals surface area contributed by atoms with E-state index in [9.17, 15) is 14.7 Å². The highest BCUT2D eigenvalue weighted by Gasteiger charge is 2.66. The quantitative estimate of drug-likeness (QED) is 0.164. The first-order chi connectivity index (χ1) is 27.8. The molecule has 1 saturated carbocycles. The molecular formula is C49H44N2O6. The molecule has 0 radical (unpaired) electrons. The zero-order valence-electron chi connectivity index (χ0n) is 31.6. The number of ether oxygens (including phenoxy) is 1. The van der Waals surface area contributed by atoms with Crippen LogP contribution in [0.5, 0.6) is 11.5 Å². The fourth-order valence-corrected chi connectivity index (χ4v) is 11.3. The van der Waals surface area contributed by atoms with Gasteiger partial charge in [-0.2, -0.15) is 0 Å². The van der Waals surface area contributed by atoms with Gasteiger partial charge in [0, 0.05) is 55.1 Å². The largest absolute Gasteiger partial charge is 0.508 e. The monoisotopic (exact) mass is 756 g/mol. The Labute approximate surface area is 332 Å². The normalized spacial score (nSPS) is 28.7. The first-order valence-electron chi connectivity index (χ1n) is 20.2. The van der Waals surface area contributed by atoms with Gasteiger partial charge in [-0.15, -0.1) is 0 Å². The average molecular weight is 757 g/mol. The van der Waals surface area contributed by atoms with Gasteiger partial charge >= 0.3 is 0 Å². The van der Waals surface area contributed by atoms with Crippen molar-refractivity contribution in [2.45, 2.75) is 50.1 Å². The molecule has 3 aliphatic heterocycles. The van der Waals surface area contributed by atoms with E-state index in [1.165, 1.54) is 5.56 Å². The summed E-state index contributed by atoms with van der Waals surface area (Å²) >= 11 is 0. The van der Waals surface area contributed by atoms with Crippen LogP contribution in [0.1, 0.15) is 47.9 Å². The first-order valence-corrected chi connectivity index (χ1v) is 20.2. The van der Waals surface area contributed by atoms with E-state index in [4.69, 9.17) is 4.74 Å². The van der Waals surface area contributed by atoms with Crippen LogP contribution >= 0.6 is 0 Å². The number of allylic oxidation sites excluding steroid dienone is 5. The number of benzene rings is 4. The van der Waals surface area contributed by atoms with E-state index in [1.807, 2.05) is 78.9 Å². The molecule has 0 aromatic heterocycles. The molecule has 8 nitrogen and oxygen atoms in total. The smallest absolute Gasteiger partial charge is 0.233 e. The summed E-state index contributed by atoms with van der Waals surface area (Å²) in [5.74, 6) is -2.88. The number of nitrogens with zero attached hydrogens (tertiary/aromatic N) is 2. The SMILES string of the molecule is O=C1C(c2ccccc2)=CC(=O)C2(c3ccccc3)C1CC1C(=CCC3C(=O)N(C4CCN(Cc5ccccc5)CC4)C(=O)C31)C2C1=COc2ccc(O)cc2C1. The third kappa shape index (κ3) is 5.67. The molecule has 1 N–H and O–H groups in total. The minimum absolute atomic E-state index is 0.107. The summed E-state index contributed by atoms with van der Waals surface area (Å²) in [6.45, 7) is 2.41. The van der Waals surface area contributed by atoms with Crippen molar-refractivity contribution in [3.05, 3.63) is 161 Å². The Balaban J connectivity index is 1.06. The third-order valence-corrected chi connectivity index (χ3v) is 13.7. The van der Waals surface area contributed by atoms with E-state index in [0.717, 1.165) is 41.9 Å². The number of hydrogen-bond donors (Lipinski definition) is 1. The number of ketones is 2. The van der Waals surface area contributed by atoms with E-state index in [2.05, 4.69) is 23.1 Å². The Bertz CT molecular complexity index is 2380. The number of phenols is 1. The molecule has 3 fully saturated rings. The molecule has 4 aromatic carbocycles. The molecular weight excluding hydrogens is 713 g/mol. The minimum Gasteiger partial charge on any atom is -0.508 e. The van der Waals surface area contributed by atoms with Crippen molar-refractivity contribution in [2.75, 3.05) is 13.1 Å². The Kier molecular flexibility index (Phi) is 8.70. The van der Waals surface area contributed by atoms with E-state index < -0.39 is 35.0 Å². The number of phenolic OH excluding ortho intramolecular Hbond substituents is 1. The second-order valence-electron chi connectivity index (χ2n) is 16.6. The lowest BCUT2D eigenvalue weighted by Gasteiger charge is -2.56. The van der Waals surface area contributed by atoms with Crippen molar-refractivity contribution in [3.8, 4) is 11.5 Å². The number of carbonyl (C=O) groups is 4. The van der Waals surface area contributed by atoms with E-state index in [-0.39, 0.29) is 41.6 Å². The lowest BCUT2D eigenvalue weighted by atomic mass is 9.44. The van der Waals surface area contributed by atoms with Gasteiger partial charge in [-0.1, -0.05) is 103 Å². The molecule has 0 spiro atoms. The van der Waals surface area contributed by atoms with Gasteiger partial charge in [0.15, 0.2) is 11.6 Å². The van der Waals surface area contributed by atoms with E-state index >= 15 is 9.59 Å². The van der Waals surface area contributed by atoms with Gasteiger partial charge in [0.05, 0.1) is 23.5 Å². The molecule has 2 amide bonds. The number of imide groups is 1. The van der Waals surface area contributed by atoms with Crippen LogP contribution in [0, 0.1) is 29.6 Å². The summed E-state index contributed by atoms with van der Waals surface area (Å²) in [5, 5.41) is 10.5. The Morgan fingerprint density at radius 3 is 2.23 bits per heavy atom. The summed E-state index contributed by atoms with van der Waals surface area (Å²) < 4.78 is 6.26. The Morgan fingerprint density at radius 1 is 0.789 bits per heavy atom. The standard InChI is InChI=1S/C49H44N2O6/c52-36-16-19-42-32(25-36)24-33(29-57-42)45-37-17-18-38-44(48(56)51(47(38)55)35-20-22-50(23-21-35)28-30-10-4-1-5-11-30)40(37)26-41-46(54)39(31-12-6-2-7-13-31)27-43(53)49(41,45)34-14-8-3-9-15-34/h1-17,19,25,27,29,35,38,40-41,44-45,52H,18,20-24,26,28H2. The number of amides is 2. The summed E-state index contributed by atoms with van der Waals surface area (Å²) in [4.78, 5) is 64.0. The molecule has 0 bridgehead atoms. The topological polar surface area (TPSA) is 104 Å². The number of aromatic hydroxyl groups is 1. The summed E-state index contributed by atoms with van der Waals surface area (Å²) in [6.07, 6.45) is 7.83. The number of likely N-dealkylation sites (tertiary alicyclic amines) is 2. The maximum absolute atomic E-state index is 15.4. The number of rotatable bonds is 6. The molecule has 2 saturated heterocycles. The van der Waals surface area contributed by atoms with Crippen LogP contribution in [0.15, 0.2) is 139 Å². The van der Waals surface area contributed by atoms with Gasteiger partial charge in [-0.05, 0) is 78.1 Å². The highest BCUT2D eigenvalue weighted by Crippen LogP contribution is 2.63. The zero-order chi connectivity index (χ0) is 38.8. The summed E-state index contributed by atoms with van der Waals surface area (Å²) in [5.41, 5.74) is 4.20. The molecule has 57 heavy (non-hydrogen) atoms.